The number of hydrogen-bond donors (Lipinski definition) is 4. The minimum atomic E-state index is -4.11. The van der Waals surface area contributed by atoms with E-state index < -0.39 is 34.1 Å². The van der Waals surface area contributed by atoms with Gasteiger partial charge >= 0.3 is 6.03 Å². The minimum Gasteiger partial charge on any atom is -0.506 e. The predicted octanol–water partition coefficient (Wildman–Crippen LogP) is 3.90. The van der Waals surface area contributed by atoms with Crippen molar-refractivity contribution in [2.75, 3.05) is 38.5 Å². The first kappa shape index (κ1) is 37.1. The van der Waals surface area contributed by atoms with Crippen molar-refractivity contribution in [3.63, 3.8) is 0 Å². The summed E-state index contributed by atoms with van der Waals surface area (Å²) >= 11 is 1.52. The fraction of sp³-hybridized carbons (Fsp3) is 0.500. The molecule has 262 valence electrons. The van der Waals surface area contributed by atoms with Crippen LogP contribution >= 0.6 is 11.3 Å². The van der Waals surface area contributed by atoms with Crippen LogP contribution in [0.1, 0.15) is 44.0 Å². The number of aryl methyl sites for hydroxylation is 1. The zero-order chi connectivity index (χ0) is 35.2. The Bertz CT molecular complexity index is 1650. The van der Waals surface area contributed by atoms with Gasteiger partial charge in [-0.2, -0.15) is 4.31 Å². The van der Waals surface area contributed by atoms with Crippen LogP contribution in [0.3, 0.4) is 0 Å². The lowest BCUT2D eigenvalue weighted by molar-refractivity contribution is -0.128. The Morgan fingerprint density at radius 1 is 1.08 bits per heavy atom. The van der Waals surface area contributed by atoms with E-state index >= 15 is 0 Å². The molecule has 0 aliphatic carbocycles. The van der Waals surface area contributed by atoms with Crippen LogP contribution in [-0.4, -0.2) is 101 Å². The Labute approximate surface area is 287 Å². The summed E-state index contributed by atoms with van der Waals surface area (Å²) in [5, 5.41) is 30.5. The Hall–Kier alpha value is -3.72. The van der Waals surface area contributed by atoms with E-state index in [1.165, 1.54) is 33.8 Å². The highest BCUT2D eigenvalue weighted by Crippen LogP contribution is 2.28. The topological polar surface area (TPSA) is 155 Å². The molecule has 4 rings (SSSR count). The first-order chi connectivity index (χ1) is 22.7. The zero-order valence-electron chi connectivity index (χ0n) is 28.5. The molecule has 0 saturated carbocycles. The second-order valence-corrected chi connectivity index (χ2v) is 16.0. The molecule has 0 spiro atoms. The van der Waals surface area contributed by atoms with Crippen molar-refractivity contribution in [1.82, 2.24) is 24.4 Å². The zero-order valence-corrected chi connectivity index (χ0v) is 30.1. The SMILES string of the molecule is CNc1cc(S(=O)(=O)N(CC(C)C)C[C@H](O)[C@H](Cc2ccccc2)NC(=O)[C@H](C(C)C)N2CCN(Cc3csc(C)n3)C2=O)ccc1O. The van der Waals surface area contributed by atoms with Crippen molar-refractivity contribution < 1.29 is 28.2 Å². The van der Waals surface area contributed by atoms with E-state index in [4.69, 9.17) is 0 Å². The number of amides is 3. The standard InChI is InChI=1S/C34H48N6O6S2/c1-22(2)18-39(48(45,46)27-12-13-30(41)28(17-27)35-6)20-31(42)29(16-25-10-8-7-9-11-25)37-33(43)32(23(3)4)40-15-14-38(34(40)44)19-26-21-47-24(5)36-26/h7-13,17,21-23,29,31-32,35,41-42H,14-16,18-20H2,1-6H3,(H,37,43)/t29-,31-,32-/m0/s1. The monoisotopic (exact) mass is 700 g/mol. The number of aliphatic hydroxyl groups is 1. The number of benzene rings is 2. The molecule has 2 aromatic carbocycles. The molecule has 4 N–H and O–H groups in total. The highest BCUT2D eigenvalue weighted by Gasteiger charge is 2.40. The molecule has 48 heavy (non-hydrogen) atoms. The summed E-state index contributed by atoms with van der Waals surface area (Å²) < 4.78 is 29.1. The molecule has 2 heterocycles. The average Bonchev–Trinajstić information content (AvgIpc) is 3.61. The number of urea groups is 1. The molecule has 1 aromatic heterocycles. The molecule has 0 bridgehead atoms. The van der Waals surface area contributed by atoms with Crippen LogP contribution in [0.5, 0.6) is 5.75 Å². The molecule has 0 radical (unpaired) electrons. The first-order valence-electron chi connectivity index (χ1n) is 16.2. The Morgan fingerprint density at radius 3 is 2.40 bits per heavy atom. The fourth-order valence-corrected chi connectivity index (χ4v) is 8.20. The van der Waals surface area contributed by atoms with Gasteiger partial charge in [-0.15, -0.1) is 11.3 Å². The fourth-order valence-electron chi connectivity index (χ4n) is 5.94. The van der Waals surface area contributed by atoms with E-state index in [9.17, 15) is 28.2 Å². The number of nitrogens with one attached hydrogen (secondary N) is 2. The lowest BCUT2D eigenvalue weighted by atomic mass is 9.97. The summed E-state index contributed by atoms with van der Waals surface area (Å²) in [5.74, 6) is -0.813. The number of nitrogens with zero attached hydrogens (tertiary/aromatic N) is 4. The van der Waals surface area contributed by atoms with Crippen LogP contribution in [-0.2, 0) is 27.8 Å². The largest absolute Gasteiger partial charge is 0.506 e. The van der Waals surface area contributed by atoms with Crippen molar-refractivity contribution in [1.29, 1.82) is 0 Å². The first-order valence-corrected chi connectivity index (χ1v) is 18.5. The van der Waals surface area contributed by atoms with Crippen LogP contribution < -0.4 is 10.6 Å². The normalized spacial score (nSPS) is 15.8. The molecule has 12 nitrogen and oxygen atoms in total. The molecule has 0 unspecified atom stereocenters. The number of anilines is 1. The summed E-state index contributed by atoms with van der Waals surface area (Å²) in [6.07, 6.45) is -1.06. The van der Waals surface area contributed by atoms with Crippen molar-refractivity contribution in [2.24, 2.45) is 11.8 Å². The number of thiazole rings is 1. The maximum Gasteiger partial charge on any atom is 0.321 e. The number of sulfonamides is 1. The third-order valence-corrected chi connectivity index (χ3v) is 11.0. The number of aliphatic hydroxyl groups excluding tert-OH is 1. The van der Waals surface area contributed by atoms with Crippen LogP contribution in [0.4, 0.5) is 10.5 Å². The number of phenols is 1. The van der Waals surface area contributed by atoms with Gasteiger partial charge in [0.25, 0.3) is 0 Å². The molecule has 1 fully saturated rings. The van der Waals surface area contributed by atoms with Gasteiger partial charge < -0.3 is 30.6 Å². The van der Waals surface area contributed by atoms with E-state index in [-0.39, 0.29) is 53.7 Å². The highest BCUT2D eigenvalue weighted by molar-refractivity contribution is 7.89. The summed E-state index contributed by atoms with van der Waals surface area (Å²) in [4.78, 5) is 35.3. The summed E-state index contributed by atoms with van der Waals surface area (Å²) in [6.45, 7) is 10.4. The molecule has 1 aliphatic heterocycles. The van der Waals surface area contributed by atoms with E-state index in [1.807, 2.05) is 70.3 Å². The van der Waals surface area contributed by atoms with Crippen molar-refractivity contribution >= 4 is 39.0 Å². The van der Waals surface area contributed by atoms with Gasteiger partial charge in [0.15, 0.2) is 0 Å². The Morgan fingerprint density at radius 2 is 1.79 bits per heavy atom. The molecule has 3 aromatic rings. The van der Waals surface area contributed by atoms with Gasteiger partial charge in [0.1, 0.15) is 11.8 Å². The number of aromatic nitrogens is 1. The van der Waals surface area contributed by atoms with Crippen molar-refractivity contribution in [2.45, 2.75) is 70.7 Å². The van der Waals surface area contributed by atoms with E-state index in [1.54, 1.807) is 16.8 Å². The van der Waals surface area contributed by atoms with Crippen LogP contribution in [0.15, 0.2) is 58.8 Å². The van der Waals surface area contributed by atoms with Crippen LogP contribution in [0.25, 0.3) is 0 Å². The number of aromatic hydroxyl groups is 1. The lowest BCUT2D eigenvalue weighted by Gasteiger charge is -2.34. The van der Waals surface area contributed by atoms with E-state index in [0.717, 1.165) is 16.3 Å². The summed E-state index contributed by atoms with van der Waals surface area (Å²) in [7, 11) is -2.53. The smallest absolute Gasteiger partial charge is 0.321 e. The molecular formula is C34H48N6O6S2. The summed E-state index contributed by atoms with van der Waals surface area (Å²) in [6, 6.07) is 11.4. The molecule has 1 saturated heterocycles. The third-order valence-electron chi connectivity index (χ3n) is 8.31. The molecule has 14 heteroatoms. The predicted molar refractivity (Wildman–Crippen MR) is 187 cm³/mol. The number of carbonyl (C=O) groups is 2. The molecule has 1 aliphatic rings. The second-order valence-electron chi connectivity index (χ2n) is 13.0. The van der Waals surface area contributed by atoms with Crippen molar-refractivity contribution in [3.05, 3.63) is 70.2 Å². The molecular weight excluding hydrogens is 653 g/mol. The van der Waals surface area contributed by atoms with Gasteiger partial charge in [-0.1, -0.05) is 58.0 Å². The Kier molecular flexibility index (Phi) is 12.5. The number of phenolic OH excluding ortho intramolecular Hbond substituents is 1. The van der Waals surface area contributed by atoms with E-state index in [2.05, 4.69) is 15.6 Å². The maximum atomic E-state index is 14.1. The number of hydrogen-bond acceptors (Lipinski definition) is 9. The molecule has 3 atom stereocenters. The Balaban J connectivity index is 1.58. The van der Waals surface area contributed by atoms with Crippen LogP contribution in [0, 0.1) is 18.8 Å². The average molecular weight is 701 g/mol. The second kappa shape index (κ2) is 16.1. The maximum absolute atomic E-state index is 14.1. The minimum absolute atomic E-state index is 0.0362. The lowest BCUT2D eigenvalue weighted by Crippen LogP contribution is -2.57. The van der Waals surface area contributed by atoms with Crippen molar-refractivity contribution in [3.8, 4) is 5.75 Å². The van der Waals surface area contributed by atoms with Gasteiger partial charge in [0.2, 0.25) is 15.9 Å². The van der Waals surface area contributed by atoms with Crippen LogP contribution in [0.2, 0.25) is 0 Å². The third kappa shape index (κ3) is 9.04. The summed E-state index contributed by atoms with van der Waals surface area (Å²) in [5.41, 5.74) is 1.91. The van der Waals surface area contributed by atoms with Gasteiger partial charge in [-0.25, -0.2) is 18.2 Å². The van der Waals surface area contributed by atoms with E-state index in [0.29, 0.717) is 19.6 Å². The van der Waals surface area contributed by atoms with Gasteiger partial charge in [0, 0.05) is 38.6 Å². The number of rotatable bonds is 16. The quantitative estimate of drug-likeness (QED) is 0.164. The van der Waals surface area contributed by atoms with Gasteiger partial charge in [-0.05, 0) is 48.9 Å². The highest BCUT2D eigenvalue weighted by atomic mass is 32.2. The van der Waals surface area contributed by atoms with Gasteiger partial charge in [-0.3, -0.25) is 4.79 Å². The number of carbonyl (C=O) groups excluding carboxylic acids is 2. The molecule has 3 amide bonds. The van der Waals surface area contributed by atoms with Gasteiger partial charge in [0.05, 0.1) is 40.0 Å².